The molecule has 0 unspecified atom stereocenters. The van der Waals surface area contributed by atoms with Crippen LogP contribution in [0.4, 0.5) is 0 Å². The van der Waals surface area contributed by atoms with Gasteiger partial charge in [0, 0.05) is 26.4 Å². The third-order valence-electron chi connectivity index (χ3n) is 1.30. The third kappa shape index (κ3) is 13.9. The molecule has 0 fully saturated rings. The topological polar surface area (TPSA) is 58.2 Å². The molecule has 0 aliphatic rings. The minimum Gasteiger partial charge on any atom is -0.359 e. The Bertz CT molecular complexity index is 141. The zero-order valence-corrected chi connectivity index (χ0v) is 8.94. The Morgan fingerprint density at radius 3 is 1.54 bits per heavy atom. The van der Waals surface area contributed by atoms with Gasteiger partial charge in [0.1, 0.15) is 0 Å². The van der Waals surface area contributed by atoms with Gasteiger partial charge in [0.25, 0.3) is 0 Å². The molecule has 0 heterocycles. The maximum Gasteiger partial charge on any atom is 0.219 e. The molecular formula is C9H20N2O2. The molecule has 0 aliphatic carbocycles. The van der Waals surface area contributed by atoms with Gasteiger partial charge in [0.05, 0.1) is 0 Å². The largest absolute Gasteiger partial charge is 0.359 e. The van der Waals surface area contributed by atoms with Crippen LogP contribution in [-0.4, -0.2) is 25.4 Å². The first-order valence-electron chi connectivity index (χ1n) is 4.59. The maximum absolute atomic E-state index is 10.3. The molecule has 4 nitrogen and oxygen atoms in total. The highest BCUT2D eigenvalue weighted by molar-refractivity contribution is 5.75. The van der Waals surface area contributed by atoms with E-state index in [9.17, 15) is 9.59 Å². The number of rotatable bonds is 3. The first kappa shape index (κ1) is 14.5. The molecule has 0 rings (SSSR count). The Balaban J connectivity index is 0. The molecule has 78 valence electrons. The summed E-state index contributed by atoms with van der Waals surface area (Å²) in [6.07, 6.45) is 1.17. The predicted molar refractivity (Wildman–Crippen MR) is 53.3 cm³/mol. The van der Waals surface area contributed by atoms with E-state index in [-0.39, 0.29) is 11.8 Å². The van der Waals surface area contributed by atoms with Gasteiger partial charge in [-0.1, -0.05) is 13.8 Å². The lowest BCUT2D eigenvalue weighted by Crippen LogP contribution is -2.20. The Morgan fingerprint density at radius 2 is 1.46 bits per heavy atom. The molecule has 0 aromatic heterocycles. The summed E-state index contributed by atoms with van der Waals surface area (Å²) in [5.74, 6) is 0.220. The van der Waals surface area contributed by atoms with E-state index in [1.54, 1.807) is 7.05 Å². The highest BCUT2D eigenvalue weighted by Crippen LogP contribution is 1.71. The average Bonchev–Trinajstić information content (AvgIpc) is 2.18. The van der Waals surface area contributed by atoms with Gasteiger partial charge in [0.2, 0.25) is 11.8 Å². The molecule has 0 saturated heterocycles. The summed E-state index contributed by atoms with van der Waals surface area (Å²) in [5.41, 5.74) is 0. The van der Waals surface area contributed by atoms with Crippen LogP contribution in [0.15, 0.2) is 0 Å². The quantitative estimate of drug-likeness (QED) is 0.684. The van der Waals surface area contributed by atoms with Gasteiger partial charge >= 0.3 is 0 Å². The number of hydrogen-bond acceptors (Lipinski definition) is 2. The van der Waals surface area contributed by atoms with Gasteiger partial charge in [-0.25, -0.2) is 0 Å². The molecule has 2 N–H and O–H groups in total. The lowest BCUT2D eigenvalue weighted by Gasteiger charge is -1.93. The Morgan fingerprint density at radius 1 is 1.00 bits per heavy atom. The summed E-state index contributed by atoms with van der Waals surface area (Å²) < 4.78 is 0. The van der Waals surface area contributed by atoms with Crippen molar-refractivity contribution in [1.82, 2.24) is 10.6 Å². The first-order chi connectivity index (χ1) is 6.12. The van der Waals surface area contributed by atoms with E-state index in [2.05, 4.69) is 10.6 Å². The van der Waals surface area contributed by atoms with Crippen molar-refractivity contribution in [3.05, 3.63) is 0 Å². The molecule has 0 radical (unpaired) electrons. The van der Waals surface area contributed by atoms with Gasteiger partial charge < -0.3 is 10.6 Å². The third-order valence-corrected chi connectivity index (χ3v) is 1.30. The molecule has 0 spiro atoms. The van der Waals surface area contributed by atoms with Crippen molar-refractivity contribution in [1.29, 1.82) is 0 Å². The summed E-state index contributed by atoms with van der Waals surface area (Å²) in [6, 6.07) is 0. The van der Waals surface area contributed by atoms with Crippen LogP contribution >= 0.6 is 0 Å². The smallest absolute Gasteiger partial charge is 0.219 e. The molecular weight excluding hydrogens is 168 g/mol. The van der Waals surface area contributed by atoms with Gasteiger partial charge in [-0.15, -0.1) is 0 Å². The van der Waals surface area contributed by atoms with Crippen LogP contribution in [0.1, 0.15) is 33.6 Å². The zero-order valence-electron chi connectivity index (χ0n) is 8.94. The predicted octanol–water partition coefficient (Wildman–Crippen LogP) is 0.675. The van der Waals surface area contributed by atoms with Crippen LogP contribution in [0.3, 0.4) is 0 Å². The van der Waals surface area contributed by atoms with Crippen molar-refractivity contribution >= 4 is 11.8 Å². The van der Waals surface area contributed by atoms with Gasteiger partial charge in [0.15, 0.2) is 0 Å². The fourth-order valence-electron chi connectivity index (χ4n) is 0.499. The first-order valence-corrected chi connectivity index (χ1v) is 4.59. The molecule has 0 aromatic carbocycles. The van der Waals surface area contributed by atoms with E-state index in [1.807, 2.05) is 20.8 Å². The second-order valence-electron chi connectivity index (χ2n) is 2.33. The summed E-state index contributed by atoms with van der Waals surface area (Å²) >= 11 is 0. The summed E-state index contributed by atoms with van der Waals surface area (Å²) in [5, 5.41) is 5.13. The second kappa shape index (κ2) is 10.9. The summed E-state index contributed by atoms with van der Waals surface area (Å²) in [7, 11) is 1.63. The van der Waals surface area contributed by atoms with Gasteiger partial charge in [-0.05, 0) is 6.92 Å². The van der Waals surface area contributed by atoms with E-state index in [0.29, 0.717) is 12.8 Å². The van der Waals surface area contributed by atoms with Crippen LogP contribution in [0, 0.1) is 0 Å². The molecule has 4 heteroatoms. The number of carbonyl (C=O) groups is 2. The highest BCUT2D eigenvalue weighted by atomic mass is 16.2. The van der Waals surface area contributed by atoms with Crippen molar-refractivity contribution in [2.45, 2.75) is 33.6 Å². The molecule has 2 amide bonds. The Kier molecular flexibility index (Phi) is 12.2. The lowest BCUT2D eigenvalue weighted by molar-refractivity contribution is -0.121. The monoisotopic (exact) mass is 188 g/mol. The molecule has 13 heavy (non-hydrogen) atoms. The van der Waals surface area contributed by atoms with Crippen molar-refractivity contribution in [2.24, 2.45) is 0 Å². The number of nitrogens with one attached hydrogen (secondary N) is 2. The van der Waals surface area contributed by atoms with Crippen LogP contribution in [0.5, 0.6) is 0 Å². The lowest BCUT2D eigenvalue weighted by atomic mass is 10.4. The number of hydrogen-bond donors (Lipinski definition) is 2. The normalized spacial score (nSPS) is 8.00. The minimum absolute atomic E-state index is 0.0926. The van der Waals surface area contributed by atoms with E-state index in [4.69, 9.17) is 0 Å². The van der Waals surface area contributed by atoms with Crippen molar-refractivity contribution in [3.63, 3.8) is 0 Å². The number of amides is 2. The van der Waals surface area contributed by atoms with Crippen LogP contribution in [-0.2, 0) is 9.59 Å². The Labute approximate surface area is 80.1 Å². The zero-order chi connectivity index (χ0) is 10.7. The molecule has 0 aromatic rings. The van der Waals surface area contributed by atoms with Crippen LogP contribution in [0.25, 0.3) is 0 Å². The van der Waals surface area contributed by atoms with E-state index >= 15 is 0 Å². The van der Waals surface area contributed by atoms with Crippen molar-refractivity contribution in [2.75, 3.05) is 13.6 Å². The highest BCUT2D eigenvalue weighted by Gasteiger charge is 1.88. The molecule has 0 bridgehead atoms. The van der Waals surface area contributed by atoms with Crippen molar-refractivity contribution in [3.8, 4) is 0 Å². The van der Waals surface area contributed by atoms with Crippen molar-refractivity contribution < 1.29 is 9.59 Å². The molecule has 0 aliphatic heterocycles. The molecule has 0 saturated carbocycles. The molecule has 0 atom stereocenters. The SMILES string of the molecule is CCC(=O)NC.CCNC(=O)CC. The Hall–Kier alpha value is -1.06. The van der Waals surface area contributed by atoms with Gasteiger partial charge in [-0.3, -0.25) is 9.59 Å². The fraction of sp³-hybridized carbons (Fsp3) is 0.778. The van der Waals surface area contributed by atoms with Crippen LogP contribution < -0.4 is 10.6 Å². The van der Waals surface area contributed by atoms with Gasteiger partial charge in [-0.2, -0.15) is 0 Å². The fourth-order valence-corrected chi connectivity index (χ4v) is 0.499. The van der Waals surface area contributed by atoms with E-state index < -0.39 is 0 Å². The minimum atomic E-state index is 0.0926. The average molecular weight is 188 g/mol. The summed E-state index contributed by atoms with van der Waals surface area (Å²) in [4.78, 5) is 20.4. The summed E-state index contributed by atoms with van der Waals surface area (Å²) in [6.45, 7) is 6.31. The number of carbonyl (C=O) groups excluding carboxylic acids is 2. The maximum atomic E-state index is 10.3. The second-order valence-corrected chi connectivity index (χ2v) is 2.33. The standard InChI is InChI=1S/C5H11NO.C4H9NO/c1-3-5(7)6-4-2;1-3-4(6)5-2/h3-4H2,1-2H3,(H,6,7);3H2,1-2H3,(H,5,6). The van der Waals surface area contributed by atoms with E-state index in [0.717, 1.165) is 6.54 Å². The van der Waals surface area contributed by atoms with E-state index in [1.165, 1.54) is 0 Å². The van der Waals surface area contributed by atoms with Crippen LogP contribution in [0.2, 0.25) is 0 Å².